The minimum Gasteiger partial charge on any atom is -0.508 e. The van der Waals surface area contributed by atoms with Crippen molar-refractivity contribution in [3.63, 3.8) is 0 Å². The van der Waals surface area contributed by atoms with Gasteiger partial charge in [0.2, 0.25) is 0 Å². The molecule has 0 atom stereocenters. The quantitative estimate of drug-likeness (QED) is 0.738. The number of halogens is 3. The maximum absolute atomic E-state index is 12.4. The maximum Gasteiger partial charge on any atom is 0.417 e. The third-order valence-corrected chi connectivity index (χ3v) is 1.71. The van der Waals surface area contributed by atoms with E-state index in [1.165, 1.54) is 0 Å². The maximum atomic E-state index is 12.4. The van der Waals surface area contributed by atoms with Crippen LogP contribution in [0.4, 0.5) is 13.2 Å². The van der Waals surface area contributed by atoms with Crippen LogP contribution in [0.25, 0.3) is 0 Å². The van der Waals surface area contributed by atoms with Crippen LogP contribution in [0.15, 0.2) is 18.2 Å². The predicted molar refractivity (Wildman–Crippen MR) is 44.4 cm³/mol. The van der Waals surface area contributed by atoms with E-state index >= 15 is 0 Å². The summed E-state index contributed by atoms with van der Waals surface area (Å²) < 4.78 is 41.4. The van der Waals surface area contributed by atoms with Crippen molar-refractivity contribution >= 4 is 5.97 Å². The van der Waals surface area contributed by atoms with Crippen molar-refractivity contribution in [3.05, 3.63) is 29.3 Å². The summed E-state index contributed by atoms with van der Waals surface area (Å²) in [6.45, 7) is 0. The summed E-state index contributed by atoms with van der Waals surface area (Å²) >= 11 is 0. The highest BCUT2D eigenvalue weighted by molar-refractivity contribution is 5.91. The van der Waals surface area contributed by atoms with E-state index < -0.39 is 29.0 Å². The van der Waals surface area contributed by atoms with Gasteiger partial charge in [0.15, 0.2) is 0 Å². The van der Waals surface area contributed by atoms with E-state index in [0.717, 1.165) is 19.2 Å². The van der Waals surface area contributed by atoms with Crippen molar-refractivity contribution < 1.29 is 27.8 Å². The SMILES string of the molecule is COC(=O)c1ccc(O)cc1C(F)(F)F. The van der Waals surface area contributed by atoms with E-state index in [0.29, 0.717) is 6.07 Å². The number of hydrogen-bond donors (Lipinski definition) is 1. The van der Waals surface area contributed by atoms with Crippen molar-refractivity contribution in [1.82, 2.24) is 0 Å². The number of aromatic hydroxyl groups is 1. The molecule has 0 heterocycles. The van der Waals surface area contributed by atoms with Crippen molar-refractivity contribution in [2.45, 2.75) is 6.18 Å². The third kappa shape index (κ3) is 2.39. The Kier molecular flexibility index (Phi) is 2.88. The number of esters is 1. The van der Waals surface area contributed by atoms with E-state index in [-0.39, 0.29) is 0 Å². The zero-order chi connectivity index (χ0) is 11.6. The number of hydrogen-bond acceptors (Lipinski definition) is 3. The zero-order valence-corrected chi connectivity index (χ0v) is 7.63. The molecule has 0 fully saturated rings. The van der Waals surface area contributed by atoms with Gasteiger partial charge in [0, 0.05) is 0 Å². The summed E-state index contributed by atoms with van der Waals surface area (Å²) in [5.41, 5.74) is -1.84. The van der Waals surface area contributed by atoms with Gasteiger partial charge in [-0.25, -0.2) is 4.79 Å². The third-order valence-electron chi connectivity index (χ3n) is 1.71. The molecular formula is C9H7F3O3. The number of phenolic OH excluding ortho intramolecular Hbond substituents is 1. The standard InChI is InChI=1S/C9H7F3O3/c1-15-8(14)6-3-2-5(13)4-7(6)9(10,11)12/h2-4,13H,1H3. The Morgan fingerprint density at radius 1 is 1.40 bits per heavy atom. The summed E-state index contributed by atoms with van der Waals surface area (Å²) in [7, 11) is 0.981. The van der Waals surface area contributed by atoms with E-state index in [4.69, 9.17) is 5.11 Å². The fourth-order valence-corrected chi connectivity index (χ4v) is 1.05. The van der Waals surface area contributed by atoms with Crippen molar-refractivity contribution in [1.29, 1.82) is 0 Å². The summed E-state index contributed by atoms with van der Waals surface area (Å²) in [4.78, 5) is 11.0. The molecule has 0 bridgehead atoms. The Morgan fingerprint density at radius 3 is 2.47 bits per heavy atom. The van der Waals surface area contributed by atoms with Crippen molar-refractivity contribution in [2.24, 2.45) is 0 Å². The summed E-state index contributed by atoms with van der Waals surface area (Å²) in [6, 6.07) is 2.33. The van der Waals surface area contributed by atoms with Gasteiger partial charge in [-0.1, -0.05) is 0 Å². The van der Waals surface area contributed by atoms with E-state index in [1.807, 2.05) is 0 Å². The first kappa shape index (κ1) is 11.4. The number of carbonyl (C=O) groups is 1. The van der Waals surface area contributed by atoms with Gasteiger partial charge in [-0.15, -0.1) is 0 Å². The minimum absolute atomic E-state index is 0.478. The molecule has 82 valence electrons. The Labute approximate surface area is 83.1 Å². The fourth-order valence-electron chi connectivity index (χ4n) is 1.05. The molecule has 0 saturated heterocycles. The first-order valence-corrected chi connectivity index (χ1v) is 3.85. The highest BCUT2D eigenvalue weighted by atomic mass is 19.4. The molecule has 0 unspecified atom stereocenters. The lowest BCUT2D eigenvalue weighted by molar-refractivity contribution is -0.138. The van der Waals surface area contributed by atoms with Gasteiger partial charge in [-0.3, -0.25) is 0 Å². The molecule has 15 heavy (non-hydrogen) atoms. The molecule has 1 aromatic rings. The number of alkyl halides is 3. The topological polar surface area (TPSA) is 46.5 Å². The van der Waals surface area contributed by atoms with Crippen molar-refractivity contribution in [3.8, 4) is 5.75 Å². The second-order valence-corrected chi connectivity index (χ2v) is 2.72. The number of rotatable bonds is 1. The highest BCUT2D eigenvalue weighted by Gasteiger charge is 2.35. The monoisotopic (exact) mass is 220 g/mol. The molecular weight excluding hydrogens is 213 g/mol. The molecule has 0 amide bonds. The molecule has 0 radical (unpaired) electrons. The Bertz CT molecular complexity index is 385. The zero-order valence-electron chi connectivity index (χ0n) is 7.63. The number of methoxy groups -OCH3 is 1. The van der Waals surface area contributed by atoms with Gasteiger partial charge in [-0.2, -0.15) is 13.2 Å². The first-order chi connectivity index (χ1) is 6.86. The van der Waals surface area contributed by atoms with Gasteiger partial charge in [0.05, 0.1) is 18.2 Å². The molecule has 0 saturated carbocycles. The predicted octanol–water partition coefficient (Wildman–Crippen LogP) is 2.20. The van der Waals surface area contributed by atoms with Crippen LogP contribution >= 0.6 is 0 Å². The Morgan fingerprint density at radius 2 is 2.00 bits per heavy atom. The molecule has 0 aliphatic rings. The van der Waals surface area contributed by atoms with Crippen LogP contribution in [0.1, 0.15) is 15.9 Å². The number of ether oxygens (including phenoxy) is 1. The van der Waals surface area contributed by atoms with Crippen molar-refractivity contribution in [2.75, 3.05) is 7.11 Å². The Hall–Kier alpha value is -1.72. The summed E-state index contributed by atoms with van der Waals surface area (Å²) in [5, 5.41) is 8.90. The number of phenols is 1. The average Bonchev–Trinajstić information content (AvgIpc) is 2.15. The molecule has 1 aromatic carbocycles. The van der Waals surface area contributed by atoms with Crippen LogP contribution in [0.5, 0.6) is 5.75 Å². The molecule has 1 rings (SSSR count). The summed E-state index contributed by atoms with van der Waals surface area (Å²) in [6.07, 6.45) is -4.71. The minimum atomic E-state index is -4.71. The summed E-state index contributed by atoms with van der Waals surface area (Å²) in [5.74, 6) is -1.66. The van der Waals surface area contributed by atoms with Crippen LogP contribution in [-0.4, -0.2) is 18.2 Å². The molecule has 0 spiro atoms. The lowest BCUT2D eigenvalue weighted by Crippen LogP contribution is -2.13. The normalized spacial score (nSPS) is 11.2. The van der Waals surface area contributed by atoms with Crippen LogP contribution in [0.2, 0.25) is 0 Å². The lowest BCUT2D eigenvalue weighted by atomic mass is 10.1. The molecule has 1 N–H and O–H groups in total. The lowest BCUT2D eigenvalue weighted by Gasteiger charge is -2.11. The smallest absolute Gasteiger partial charge is 0.417 e. The van der Waals surface area contributed by atoms with Gasteiger partial charge in [0.1, 0.15) is 5.75 Å². The second kappa shape index (κ2) is 3.80. The first-order valence-electron chi connectivity index (χ1n) is 3.85. The number of benzene rings is 1. The van der Waals surface area contributed by atoms with Gasteiger partial charge in [0.25, 0.3) is 0 Å². The van der Waals surface area contributed by atoms with Crippen LogP contribution in [0, 0.1) is 0 Å². The second-order valence-electron chi connectivity index (χ2n) is 2.72. The van der Waals surface area contributed by atoms with Crippen LogP contribution in [-0.2, 0) is 10.9 Å². The van der Waals surface area contributed by atoms with Crippen LogP contribution < -0.4 is 0 Å². The Balaban J connectivity index is 3.33. The van der Waals surface area contributed by atoms with E-state index in [9.17, 15) is 18.0 Å². The molecule has 3 nitrogen and oxygen atoms in total. The fraction of sp³-hybridized carbons (Fsp3) is 0.222. The van der Waals surface area contributed by atoms with Crippen LogP contribution in [0.3, 0.4) is 0 Å². The highest BCUT2D eigenvalue weighted by Crippen LogP contribution is 2.34. The molecule has 6 heteroatoms. The van der Waals surface area contributed by atoms with E-state index in [1.54, 1.807) is 0 Å². The van der Waals surface area contributed by atoms with Gasteiger partial charge >= 0.3 is 12.1 Å². The average molecular weight is 220 g/mol. The van der Waals surface area contributed by atoms with Gasteiger partial charge < -0.3 is 9.84 Å². The van der Waals surface area contributed by atoms with E-state index in [2.05, 4.69) is 4.74 Å². The van der Waals surface area contributed by atoms with Gasteiger partial charge in [-0.05, 0) is 18.2 Å². The molecule has 0 aliphatic carbocycles. The molecule has 0 aliphatic heterocycles. The largest absolute Gasteiger partial charge is 0.508 e. The molecule has 0 aromatic heterocycles. The number of carbonyl (C=O) groups excluding carboxylic acids is 1.